The molecule has 3 aromatic carbocycles. The summed E-state index contributed by atoms with van der Waals surface area (Å²) in [6.07, 6.45) is 6.23. The van der Waals surface area contributed by atoms with Gasteiger partial charge in [-0.3, -0.25) is 9.59 Å². The Morgan fingerprint density at radius 2 is 1.56 bits per heavy atom. The summed E-state index contributed by atoms with van der Waals surface area (Å²) in [5, 5.41) is 6.79. The number of nitrogens with two attached hydrogens (primary N) is 1. The Kier molecular flexibility index (Phi) is 7.43. The number of fused-ring (bicyclic) bond motifs is 1. The summed E-state index contributed by atoms with van der Waals surface area (Å²) in [6.45, 7) is 0.0584. The smallest absolute Gasteiger partial charge is 0.252 e. The van der Waals surface area contributed by atoms with E-state index >= 15 is 0 Å². The molecule has 0 aromatic heterocycles. The largest absolute Gasteiger partial charge is 0.274 e. The Hall–Kier alpha value is -3.38. The molecule has 1 aliphatic heterocycles. The summed E-state index contributed by atoms with van der Waals surface area (Å²) < 4.78 is 52.5. The molecular formula is C28H29N3O6S2. The number of carbonyl (C=O) groups excluding carboxylic acids is 2. The van der Waals surface area contributed by atoms with E-state index in [2.05, 4.69) is 6.08 Å². The highest BCUT2D eigenvalue weighted by Crippen LogP contribution is 2.32. The average molecular weight is 568 g/mol. The predicted octanol–water partition coefficient (Wildman–Crippen LogP) is 3.70. The van der Waals surface area contributed by atoms with Gasteiger partial charge in [-0.15, -0.1) is 0 Å². The van der Waals surface area contributed by atoms with Gasteiger partial charge in [0.25, 0.3) is 5.91 Å². The van der Waals surface area contributed by atoms with E-state index in [0.29, 0.717) is 6.42 Å². The molecule has 0 radical (unpaired) electrons. The van der Waals surface area contributed by atoms with Crippen LogP contribution in [0, 0.1) is 0 Å². The second-order valence-electron chi connectivity index (χ2n) is 9.81. The van der Waals surface area contributed by atoms with Gasteiger partial charge in [-0.25, -0.2) is 26.9 Å². The van der Waals surface area contributed by atoms with Gasteiger partial charge in [0.15, 0.2) is 0 Å². The highest BCUT2D eigenvalue weighted by molar-refractivity contribution is 7.89. The minimum atomic E-state index is -4.15. The summed E-state index contributed by atoms with van der Waals surface area (Å²) in [5.74, 6) is -1.24. The molecular weight excluding hydrogens is 538 g/mol. The van der Waals surface area contributed by atoms with Crippen molar-refractivity contribution in [1.29, 1.82) is 0 Å². The molecule has 5 rings (SSSR count). The van der Waals surface area contributed by atoms with Crippen molar-refractivity contribution in [3.8, 4) is 0 Å². The zero-order valence-electron chi connectivity index (χ0n) is 21.2. The number of imide groups is 1. The lowest BCUT2D eigenvalue weighted by atomic mass is 9.97. The van der Waals surface area contributed by atoms with Crippen LogP contribution in [-0.2, 0) is 29.6 Å². The first-order valence-electron chi connectivity index (χ1n) is 12.7. The van der Waals surface area contributed by atoms with Gasteiger partial charge in [-0.1, -0.05) is 42.0 Å². The number of primary sulfonamides is 1. The molecule has 2 aliphatic rings. The van der Waals surface area contributed by atoms with Crippen LogP contribution < -0.4 is 10.0 Å². The minimum absolute atomic E-state index is 0.0510. The summed E-state index contributed by atoms with van der Waals surface area (Å²) in [4.78, 5) is 27.5. The highest BCUT2D eigenvalue weighted by Gasteiger charge is 2.47. The van der Waals surface area contributed by atoms with Gasteiger partial charge in [0.05, 0.1) is 21.9 Å². The van der Waals surface area contributed by atoms with E-state index in [0.717, 1.165) is 51.2 Å². The topological polar surface area (TPSA) is 135 Å². The maximum atomic E-state index is 14.0. The van der Waals surface area contributed by atoms with Crippen molar-refractivity contribution in [2.24, 2.45) is 5.14 Å². The number of amides is 2. The molecule has 0 bridgehead atoms. The monoisotopic (exact) mass is 567 g/mol. The van der Waals surface area contributed by atoms with E-state index in [1.165, 1.54) is 30.3 Å². The number of nitrogens with zero attached hydrogens (tertiary/aromatic N) is 2. The number of hydrogen-bond donors (Lipinski definition) is 1. The lowest BCUT2D eigenvalue weighted by molar-refractivity contribution is -0.122. The molecule has 3 aromatic rings. The van der Waals surface area contributed by atoms with E-state index in [1.54, 1.807) is 12.1 Å². The van der Waals surface area contributed by atoms with Gasteiger partial charge >= 0.3 is 0 Å². The first-order chi connectivity index (χ1) is 18.6. The zero-order chi connectivity index (χ0) is 27.8. The first kappa shape index (κ1) is 27.2. The molecule has 1 atom stereocenters. The van der Waals surface area contributed by atoms with Crippen LogP contribution in [0.5, 0.6) is 0 Å². The summed E-state index contributed by atoms with van der Waals surface area (Å²) >= 11 is 0. The van der Waals surface area contributed by atoms with E-state index in [-0.39, 0.29) is 28.4 Å². The molecule has 204 valence electrons. The number of rotatable bonds is 8. The number of carbonyl (C=O) groups is 2. The summed E-state index contributed by atoms with van der Waals surface area (Å²) in [6, 6.07) is 16.0. The van der Waals surface area contributed by atoms with Crippen molar-refractivity contribution in [2.75, 3.05) is 11.4 Å². The zero-order valence-corrected chi connectivity index (χ0v) is 22.8. The molecule has 11 heteroatoms. The third-order valence-electron chi connectivity index (χ3n) is 7.26. The molecule has 39 heavy (non-hydrogen) atoms. The van der Waals surface area contributed by atoms with Crippen LogP contribution in [0.3, 0.4) is 0 Å². The Morgan fingerprint density at radius 1 is 0.872 bits per heavy atom. The van der Waals surface area contributed by atoms with Crippen LogP contribution in [0.15, 0.2) is 88.2 Å². The van der Waals surface area contributed by atoms with Crippen LogP contribution in [0.25, 0.3) is 10.8 Å². The second-order valence-corrected chi connectivity index (χ2v) is 13.3. The maximum absolute atomic E-state index is 14.0. The van der Waals surface area contributed by atoms with Crippen LogP contribution >= 0.6 is 0 Å². The molecule has 1 saturated heterocycles. The van der Waals surface area contributed by atoms with Gasteiger partial charge in [-0.2, -0.15) is 4.31 Å². The predicted molar refractivity (Wildman–Crippen MR) is 148 cm³/mol. The van der Waals surface area contributed by atoms with E-state index < -0.39 is 37.9 Å². The van der Waals surface area contributed by atoms with Crippen LogP contribution in [-0.4, -0.2) is 45.5 Å². The molecule has 9 nitrogen and oxygen atoms in total. The fourth-order valence-electron chi connectivity index (χ4n) is 5.19. The van der Waals surface area contributed by atoms with Gasteiger partial charge in [0, 0.05) is 6.54 Å². The van der Waals surface area contributed by atoms with Gasteiger partial charge in [0.1, 0.15) is 6.04 Å². The van der Waals surface area contributed by atoms with Crippen LogP contribution in [0.2, 0.25) is 0 Å². The maximum Gasteiger partial charge on any atom is 0.252 e. The fraction of sp³-hybridized carbons (Fsp3) is 0.286. The van der Waals surface area contributed by atoms with Crippen molar-refractivity contribution in [3.63, 3.8) is 0 Å². The van der Waals surface area contributed by atoms with Gasteiger partial charge in [0.2, 0.25) is 26.0 Å². The van der Waals surface area contributed by atoms with Crippen LogP contribution in [0.4, 0.5) is 5.69 Å². The number of hydrogen-bond acceptors (Lipinski definition) is 6. The molecule has 1 heterocycles. The van der Waals surface area contributed by atoms with E-state index in [4.69, 9.17) is 5.14 Å². The Balaban J connectivity index is 1.50. The van der Waals surface area contributed by atoms with E-state index in [9.17, 15) is 26.4 Å². The molecule has 2 N–H and O–H groups in total. The normalized spacial score (nSPS) is 18.7. The van der Waals surface area contributed by atoms with Crippen molar-refractivity contribution in [3.05, 3.63) is 78.4 Å². The molecule has 0 spiro atoms. The van der Waals surface area contributed by atoms with Crippen molar-refractivity contribution < 1.29 is 26.4 Å². The molecule has 1 fully saturated rings. The second kappa shape index (κ2) is 10.6. The first-order valence-corrected chi connectivity index (χ1v) is 15.7. The lowest BCUT2D eigenvalue weighted by Gasteiger charge is -2.28. The van der Waals surface area contributed by atoms with E-state index in [1.807, 2.05) is 24.3 Å². The Morgan fingerprint density at radius 3 is 2.23 bits per heavy atom. The minimum Gasteiger partial charge on any atom is -0.274 e. The highest BCUT2D eigenvalue weighted by atomic mass is 32.2. The molecule has 1 aliphatic carbocycles. The number of allylic oxidation sites excluding steroid dienone is 1. The molecule has 0 saturated carbocycles. The van der Waals surface area contributed by atoms with Gasteiger partial charge < -0.3 is 0 Å². The Labute approximate surface area is 228 Å². The summed E-state index contributed by atoms with van der Waals surface area (Å²) in [5.41, 5.74) is 1.30. The quantitative estimate of drug-likeness (QED) is 0.326. The van der Waals surface area contributed by atoms with Crippen molar-refractivity contribution in [2.45, 2.75) is 54.4 Å². The summed E-state index contributed by atoms with van der Waals surface area (Å²) in [7, 11) is -8.11. The lowest BCUT2D eigenvalue weighted by Crippen LogP contribution is -2.46. The van der Waals surface area contributed by atoms with Crippen LogP contribution in [0.1, 0.15) is 38.5 Å². The number of anilines is 1. The fourth-order valence-corrected chi connectivity index (χ4v) is 7.32. The molecule has 1 unspecified atom stereocenters. The third-order valence-corrected chi connectivity index (χ3v) is 10.1. The SMILES string of the molecule is NS(=O)(=O)c1ccc(N2C(=O)CC(N(CCC3=CCCCC3)S(=O)(=O)c3ccc4ccccc4c3)C2=O)cc1. The van der Waals surface area contributed by atoms with Crippen molar-refractivity contribution in [1.82, 2.24) is 4.31 Å². The molecule has 2 amide bonds. The Bertz CT molecular complexity index is 1680. The number of benzene rings is 3. The standard InChI is InChI=1S/C28H29N3O6S2/c29-38(34,35)24-14-11-23(12-15-24)31-27(32)19-26(28(31)33)30(17-16-20-6-2-1-3-7-20)39(36,37)25-13-10-21-8-4-5-9-22(21)18-25/h4-6,8-15,18,26H,1-3,7,16-17,19H2,(H2,29,34,35). The van der Waals surface area contributed by atoms with Crippen molar-refractivity contribution >= 4 is 48.3 Å². The van der Waals surface area contributed by atoms with Gasteiger partial charge in [-0.05, 0) is 79.3 Å². The number of sulfonamides is 2. The third kappa shape index (κ3) is 5.53. The average Bonchev–Trinajstić information content (AvgIpc) is 3.21.